The van der Waals surface area contributed by atoms with Crippen LogP contribution in [0.15, 0.2) is 39.3 Å². The van der Waals surface area contributed by atoms with Crippen LogP contribution in [-0.4, -0.2) is 18.9 Å². The van der Waals surface area contributed by atoms with Crippen molar-refractivity contribution in [3.05, 3.63) is 50.6 Å². The molecule has 1 aromatic carbocycles. The quantitative estimate of drug-likeness (QED) is 0.842. The monoisotopic (exact) mass is 394 g/mol. The summed E-state index contributed by atoms with van der Waals surface area (Å²) < 4.78 is 64.6. The van der Waals surface area contributed by atoms with Crippen molar-refractivity contribution in [2.75, 3.05) is 0 Å². The average Bonchev–Trinajstić information content (AvgIpc) is 2.83. The summed E-state index contributed by atoms with van der Waals surface area (Å²) in [5.74, 6) is -0.864. The third-order valence-corrected chi connectivity index (χ3v) is 5.55. The Kier molecular flexibility index (Phi) is 5.37. The SMILES string of the molecule is Cc1csc(=O)n1CCC(=O)NS(=O)(=O)c1ccc(C(F)(F)F)cc1. The highest BCUT2D eigenvalue weighted by atomic mass is 32.2. The number of aromatic nitrogens is 1. The van der Waals surface area contributed by atoms with Gasteiger partial charge in [0, 0.05) is 24.0 Å². The van der Waals surface area contributed by atoms with Crippen molar-refractivity contribution >= 4 is 27.3 Å². The summed E-state index contributed by atoms with van der Waals surface area (Å²) in [6, 6.07) is 2.78. The first-order chi connectivity index (χ1) is 11.5. The van der Waals surface area contributed by atoms with Gasteiger partial charge in [-0.1, -0.05) is 11.3 Å². The van der Waals surface area contributed by atoms with Crippen LogP contribution in [0.3, 0.4) is 0 Å². The Labute approximate surface area is 145 Å². The van der Waals surface area contributed by atoms with Crippen LogP contribution in [0.5, 0.6) is 0 Å². The minimum atomic E-state index is -4.59. The van der Waals surface area contributed by atoms with Crippen LogP contribution in [0.2, 0.25) is 0 Å². The number of sulfonamides is 1. The number of aryl methyl sites for hydroxylation is 1. The fraction of sp³-hybridized carbons (Fsp3) is 0.286. The number of carbonyl (C=O) groups excluding carboxylic acids is 1. The zero-order valence-corrected chi connectivity index (χ0v) is 14.5. The van der Waals surface area contributed by atoms with Gasteiger partial charge >= 0.3 is 11.0 Å². The Morgan fingerprint density at radius 3 is 2.32 bits per heavy atom. The number of hydrogen-bond acceptors (Lipinski definition) is 5. The van der Waals surface area contributed by atoms with Crippen molar-refractivity contribution in [1.29, 1.82) is 0 Å². The number of hydrogen-bond donors (Lipinski definition) is 1. The smallest absolute Gasteiger partial charge is 0.303 e. The van der Waals surface area contributed by atoms with E-state index in [1.54, 1.807) is 17.0 Å². The number of halogens is 3. The zero-order valence-electron chi connectivity index (χ0n) is 12.8. The van der Waals surface area contributed by atoms with Gasteiger partial charge in [-0.25, -0.2) is 13.1 Å². The summed E-state index contributed by atoms with van der Waals surface area (Å²) in [5, 5.41) is 1.61. The van der Waals surface area contributed by atoms with Crippen LogP contribution in [0.4, 0.5) is 13.2 Å². The van der Waals surface area contributed by atoms with E-state index in [0.29, 0.717) is 17.8 Å². The highest BCUT2D eigenvalue weighted by Crippen LogP contribution is 2.29. The molecule has 25 heavy (non-hydrogen) atoms. The molecular formula is C14H13F3N2O4S2. The van der Waals surface area contributed by atoms with Gasteiger partial charge in [-0.05, 0) is 31.2 Å². The van der Waals surface area contributed by atoms with Crippen molar-refractivity contribution in [1.82, 2.24) is 9.29 Å². The maximum absolute atomic E-state index is 12.5. The topological polar surface area (TPSA) is 85.2 Å². The largest absolute Gasteiger partial charge is 0.416 e. The number of rotatable bonds is 5. The summed E-state index contributed by atoms with van der Waals surface area (Å²) in [5.41, 5.74) is -0.349. The lowest BCUT2D eigenvalue weighted by Gasteiger charge is -2.10. The van der Waals surface area contributed by atoms with Gasteiger partial charge in [-0.2, -0.15) is 13.2 Å². The summed E-state index contributed by atoms with van der Waals surface area (Å²) >= 11 is 0.962. The van der Waals surface area contributed by atoms with Gasteiger partial charge in [-0.15, -0.1) is 0 Å². The van der Waals surface area contributed by atoms with Crippen molar-refractivity contribution in [3.8, 4) is 0 Å². The molecule has 0 atom stereocenters. The first-order valence-electron chi connectivity index (χ1n) is 6.88. The molecule has 0 saturated carbocycles. The van der Waals surface area contributed by atoms with E-state index < -0.39 is 32.6 Å². The first kappa shape index (κ1) is 19.2. The maximum Gasteiger partial charge on any atom is 0.416 e. The fourth-order valence-corrected chi connectivity index (χ4v) is 3.75. The van der Waals surface area contributed by atoms with Gasteiger partial charge in [0.2, 0.25) is 5.91 Å². The second-order valence-corrected chi connectivity index (χ2v) is 7.60. The Morgan fingerprint density at radius 2 is 1.84 bits per heavy atom. The molecule has 11 heteroatoms. The van der Waals surface area contributed by atoms with Gasteiger partial charge < -0.3 is 4.57 Å². The van der Waals surface area contributed by atoms with Crippen LogP contribution >= 0.6 is 11.3 Å². The minimum absolute atomic E-state index is 0.00251. The molecule has 136 valence electrons. The highest BCUT2D eigenvalue weighted by molar-refractivity contribution is 7.90. The molecule has 0 radical (unpaired) electrons. The Balaban J connectivity index is 2.05. The van der Waals surface area contributed by atoms with Crippen molar-refractivity contribution in [2.45, 2.75) is 31.0 Å². The van der Waals surface area contributed by atoms with Gasteiger partial charge in [0.05, 0.1) is 10.5 Å². The molecule has 0 aliphatic rings. The third-order valence-electron chi connectivity index (χ3n) is 3.28. The van der Waals surface area contributed by atoms with Gasteiger partial charge in [0.25, 0.3) is 10.0 Å². The van der Waals surface area contributed by atoms with E-state index in [2.05, 4.69) is 0 Å². The number of alkyl halides is 3. The van der Waals surface area contributed by atoms with E-state index in [-0.39, 0.29) is 17.8 Å². The Hall–Kier alpha value is -2.14. The van der Waals surface area contributed by atoms with Crippen LogP contribution in [0.1, 0.15) is 17.7 Å². The number of amides is 1. The molecule has 2 aromatic rings. The van der Waals surface area contributed by atoms with E-state index in [9.17, 15) is 31.2 Å². The standard InChI is InChI=1S/C14H13F3N2O4S2/c1-9-8-24-13(21)19(9)7-6-12(20)18-25(22,23)11-4-2-10(3-5-11)14(15,16)17/h2-5,8H,6-7H2,1H3,(H,18,20). The molecule has 1 N–H and O–H groups in total. The average molecular weight is 394 g/mol. The maximum atomic E-state index is 12.5. The second-order valence-electron chi connectivity index (χ2n) is 5.10. The Morgan fingerprint density at radius 1 is 1.24 bits per heavy atom. The molecule has 0 bridgehead atoms. The van der Waals surface area contributed by atoms with Gasteiger partial charge in [-0.3, -0.25) is 9.59 Å². The lowest BCUT2D eigenvalue weighted by molar-refractivity contribution is -0.137. The molecule has 0 aliphatic heterocycles. The number of thiazole rings is 1. The van der Waals surface area contributed by atoms with E-state index in [0.717, 1.165) is 23.5 Å². The minimum Gasteiger partial charge on any atom is -0.303 e. The number of benzene rings is 1. The van der Waals surface area contributed by atoms with Crippen molar-refractivity contribution in [3.63, 3.8) is 0 Å². The van der Waals surface area contributed by atoms with E-state index >= 15 is 0 Å². The van der Waals surface area contributed by atoms with Crippen LogP contribution in [0, 0.1) is 6.92 Å². The summed E-state index contributed by atoms with van der Waals surface area (Å²) in [6.45, 7) is 1.68. The van der Waals surface area contributed by atoms with Crippen LogP contribution < -0.4 is 9.60 Å². The highest BCUT2D eigenvalue weighted by Gasteiger charge is 2.30. The fourth-order valence-electron chi connectivity index (χ4n) is 1.97. The molecule has 1 amide bonds. The summed E-state index contributed by atoms with van der Waals surface area (Å²) in [7, 11) is -4.28. The molecular weight excluding hydrogens is 381 g/mol. The normalized spacial score (nSPS) is 12.2. The van der Waals surface area contributed by atoms with Crippen LogP contribution in [0.25, 0.3) is 0 Å². The van der Waals surface area contributed by atoms with Crippen molar-refractivity contribution < 1.29 is 26.4 Å². The van der Waals surface area contributed by atoms with Crippen LogP contribution in [-0.2, 0) is 27.5 Å². The predicted octanol–water partition coefficient (Wildman–Crippen LogP) is 2.13. The molecule has 6 nitrogen and oxygen atoms in total. The molecule has 0 unspecified atom stereocenters. The van der Waals surface area contributed by atoms with E-state index in [4.69, 9.17) is 0 Å². The lowest BCUT2D eigenvalue weighted by atomic mass is 10.2. The molecule has 1 heterocycles. The summed E-state index contributed by atoms with van der Waals surface area (Å²) in [4.78, 5) is 22.6. The molecule has 0 aliphatic carbocycles. The number of carbonyl (C=O) groups is 1. The van der Waals surface area contributed by atoms with E-state index in [1.165, 1.54) is 4.57 Å². The Bertz CT molecular complexity index is 928. The summed E-state index contributed by atoms with van der Waals surface area (Å²) in [6.07, 6.45) is -4.85. The van der Waals surface area contributed by atoms with Crippen molar-refractivity contribution in [2.24, 2.45) is 0 Å². The third kappa shape index (κ3) is 4.69. The zero-order chi connectivity index (χ0) is 18.8. The lowest BCUT2D eigenvalue weighted by Crippen LogP contribution is -2.32. The number of nitrogens with zero attached hydrogens (tertiary/aromatic N) is 1. The predicted molar refractivity (Wildman–Crippen MR) is 84.7 cm³/mol. The van der Waals surface area contributed by atoms with E-state index in [1.807, 2.05) is 0 Å². The molecule has 0 spiro atoms. The number of nitrogens with one attached hydrogen (secondary N) is 1. The molecule has 2 rings (SSSR count). The van der Waals surface area contributed by atoms with Gasteiger partial charge in [0.1, 0.15) is 0 Å². The van der Waals surface area contributed by atoms with Gasteiger partial charge in [0.15, 0.2) is 0 Å². The first-order valence-corrected chi connectivity index (χ1v) is 9.25. The second kappa shape index (κ2) is 7.00. The molecule has 0 fully saturated rings. The molecule has 0 saturated heterocycles. The molecule has 1 aromatic heterocycles.